The summed E-state index contributed by atoms with van der Waals surface area (Å²) in [6.45, 7) is 1.26. The molecule has 176 valence electrons. The van der Waals surface area contributed by atoms with Gasteiger partial charge in [0.15, 0.2) is 15.0 Å². The highest BCUT2D eigenvalue weighted by Crippen LogP contribution is 2.34. The molecule has 0 spiro atoms. The molecule has 0 saturated carbocycles. The Morgan fingerprint density at radius 1 is 1.15 bits per heavy atom. The summed E-state index contributed by atoms with van der Waals surface area (Å²) >= 11 is 11.1. The van der Waals surface area contributed by atoms with E-state index in [2.05, 4.69) is 20.8 Å². The summed E-state index contributed by atoms with van der Waals surface area (Å²) in [5.41, 5.74) is 1.95. The molecular formula is C23H24BrClN2O4S2. The first-order valence-corrected chi connectivity index (χ1v) is 14.0. The number of piperidine rings is 1. The van der Waals surface area contributed by atoms with Gasteiger partial charge < -0.3 is 14.4 Å². The third-order valence-corrected chi connectivity index (χ3v) is 9.94. The van der Waals surface area contributed by atoms with Gasteiger partial charge in [0.05, 0.1) is 35.1 Å². The van der Waals surface area contributed by atoms with Gasteiger partial charge in [-0.2, -0.15) is 0 Å². The molecule has 6 nitrogen and oxygen atoms in total. The van der Waals surface area contributed by atoms with Gasteiger partial charge in [-0.1, -0.05) is 27.5 Å². The van der Waals surface area contributed by atoms with Crippen LogP contribution in [0.1, 0.15) is 24.1 Å². The van der Waals surface area contributed by atoms with E-state index in [-0.39, 0.29) is 9.92 Å². The summed E-state index contributed by atoms with van der Waals surface area (Å²) in [5, 5.41) is 2.75. The van der Waals surface area contributed by atoms with Gasteiger partial charge in [0.1, 0.15) is 11.5 Å². The maximum Gasteiger partial charge on any atom is 0.185 e. The van der Waals surface area contributed by atoms with Crippen LogP contribution < -0.4 is 14.4 Å². The normalized spacial score (nSPS) is 15.0. The number of hydrogen-bond acceptors (Lipinski definition) is 7. The maximum absolute atomic E-state index is 13.1. The molecule has 10 heteroatoms. The molecule has 2 aromatic carbocycles. The Balaban J connectivity index is 1.43. The average molecular weight is 572 g/mol. The molecule has 2 heterocycles. The lowest BCUT2D eigenvalue weighted by molar-refractivity contribution is 0.399. The minimum absolute atomic E-state index is 0.203. The van der Waals surface area contributed by atoms with E-state index in [9.17, 15) is 8.42 Å². The van der Waals surface area contributed by atoms with Crippen molar-refractivity contribution < 1.29 is 17.9 Å². The predicted octanol–water partition coefficient (Wildman–Crippen LogP) is 5.61. The Hall–Kier alpha value is -1.81. The first-order valence-electron chi connectivity index (χ1n) is 10.4. The van der Waals surface area contributed by atoms with Crippen LogP contribution in [0.5, 0.6) is 11.5 Å². The average Bonchev–Trinajstić information content (AvgIpc) is 3.27. The van der Waals surface area contributed by atoms with Crippen molar-refractivity contribution in [2.45, 2.75) is 29.4 Å². The second-order valence-corrected chi connectivity index (χ2v) is 12.1. The fraction of sp³-hybridized carbons (Fsp3) is 0.348. The molecule has 0 radical (unpaired) electrons. The SMILES string of the molecule is COc1ccc(OC)c(Cc2csc(N3CCC(S(=O)(=O)c4ccc(Br)cc4Cl)CC3)n2)c1. The molecule has 1 aliphatic rings. The Kier molecular flexibility index (Phi) is 7.53. The first kappa shape index (κ1) is 24.3. The number of anilines is 1. The van der Waals surface area contributed by atoms with E-state index in [0.717, 1.165) is 32.4 Å². The van der Waals surface area contributed by atoms with Gasteiger partial charge in [0.2, 0.25) is 0 Å². The third kappa shape index (κ3) is 5.31. The highest BCUT2D eigenvalue weighted by Gasteiger charge is 2.33. The Bertz CT molecular complexity index is 1240. The zero-order valence-corrected chi connectivity index (χ0v) is 22.2. The maximum atomic E-state index is 13.1. The molecule has 4 rings (SSSR count). The van der Waals surface area contributed by atoms with Gasteiger partial charge >= 0.3 is 0 Å². The van der Waals surface area contributed by atoms with E-state index >= 15 is 0 Å². The second-order valence-electron chi connectivity index (χ2n) is 7.78. The van der Waals surface area contributed by atoms with E-state index in [0.29, 0.717) is 32.4 Å². The van der Waals surface area contributed by atoms with Crippen LogP contribution >= 0.6 is 38.9 Å². The number of methoxy groups -OCH3 is 2. The molecule has 33 heavy (non-hydrogen) atoms. The minimum Gasteiger partial charge on any atom is -0.497 e. The lowest BCUT2D eigenvalue weighted by Gasteiger charge is -2.31. The predicted molar refractivity (Wildman–Crippen MR) is 136 cm³/mol. The fourth-order valence-corrected chi connectivity index (χ4v) is 7.63. The van der Waals surface area contributed by atoms with Crippen LogP contribution in [0.2, 0.25) is 5.02 Å². The van der Waals surface area contributed by atoms with Crippen molar-refractivity contribution in [2.75, 3.05) is 32.2 Å². The van der Waals surface area contributed by atoms with Gasteiger partial charge in [-0.05, 0) is 49.2 Å². The monoisotopic (exact) mass is 570 g/mol. The number of nitrogens with zero attached hydrogens (tertiary/aromatic N) is 2. The topological polar surface area (TPSA) is 68.7 Å². The van der Waals surface area contributed by atoms with Crippen molar-refractivity contribution in [3.63, 3.8) is 0 Å². The van der Waals surface area contributed by atoms with Gasteiger partial charge in [-0.25, -0.2) is 13.4 Å². The molecule has 0 atom stereocenters. The van der Waals surface area contributed by atoms with Crippen LogP contribution in [0.3, 0.4) is 0 Å². The molecule has 0 aliphatic carbocycles. The lowest BCUT2D eigenvalue weighted by atomic mass is 10.1. The van der Waals surface area contributed by atoms with Crippen molar-refractivity contribution in [2.24, 2.45) is 0 Å². The molecule has 0 bridgehead atoms. The van der Waals surface area contributed by atoms with E-state index in [1.54, 1.807) is 43.8 Å². The molecule has 1 fully saturated rings. The highest BCUT2D eigenvalue weighted by molar-refractivity contribution is 9.10. The number of aromatic nitrogens is 1. The summed E-state index contributed by atoms with van der Waals surface area (Å²) in [7, 11) is -0.197. The van der Waals surface area contributed by atoms with Crippen LogP contribution in [0.4, 0.5) is 5.13 Å². The van der Waals surface area contributed by atoms with E-state index in [1.165, 1.54) is 0 Å². The van der Waals surface area contributed by atoms with Crippen molar-refractivity contribution in [1.82, 2.24) is 4.98 Å². The zero-order chi connectivity index (χ0) is 23.6. The summed E-state index contributed by atoms with van der Waals surface area (Å²) in [5.74, 6) is 1.57. The molecule has 0 amide bonds. The number of sulfone groups is 1. The summed E-state index contributed by atoms with van der Waals surface area (Å²) in [6.07, 6.45) is 1.70. The van der Waals surface area contributed by atoms with E-state index in [4.69, 9.17) is 26.1 Å². The minimum atomic E-state index is -3.49. The van der Waals surface area contributed by atoms with Crippen LogP contribution in [-0.4, -0.2) is 46.0 Å². The van der Waals surface area contributed by atoms with Crippen LogP contribution in [0, 0.1) is 0 Å². The van der Waals surface area contributed by atoms with Crippen molar-refractivity contribution in [3.8, 4) is 11.5 Å². The zero-order valence-electron chi connectivity index (χ0n) is 18.3. The molecular weight excluding hydrogens is 548 g/mol. The summed E-state index contributed by atoms with van der Waals surface area (Å²) in [6, 6.07) is 10.6. The summed E-state index contributed by atoms with van der Waals surface area (Å²) < 4.78 is 37.8. The largest absolute Gasteiger partial charge is 0.497 e. The Labute approximate surface area is 211 Å². The lowest BCUT2D eigenvalue weighted by Crippen LogP contribution is -2.39. The molecule has 0 unspecified atom stereocenters. The summed E-state index contributed by atoms with van der Waals surface area (Å²) in [4.78, 5) is 7.16. The van der Waals surface area contributed by atoms with Crippen molar-refractivity contribution in [1.29, 1.82) is 0 Å². The number of thiazole rings is 1. The van der Waals surface area contributed by atoms with Crippen LogP contribution in [-0.2, 0) is 16.3 Å². The second kappa shape index (κ2) is 10.2. The standard InChI is InChI=1S/C23H24BrClN2O4S2/c1-30-18-4-5-21(31-2)15(12-18)11-17-14-32-23(26-17)27-9-7-19(8-10-27)33(28,29)22-6-3-16(24)13-20(22)25/h3-6,12-14,19H,7-11H2,1-2H3. The van der Waals surface area contributed by atoms with Gasteiger partial charge in [-0.15, -0.1) is 11.3 Å². The van der Waals surface area contributed by atoms with E-state index in [1.807, 2.05) is 23.6 Å². The quantitative estimate of drug-likeness (QED) is 0.367. The number of benzene rings is 2. The molecule has 1 aliphatic heterocycles. The number of halogens is 2. The van der Waals surface area contributed by atoms with Crippen molar-refractivity contribution in [3.05, 3.63) is 62.5 Å². The first-order chi connectivity index (χ1) is 15.8. The smallest absolute Gasteiger partial charge is 0.185 e. The molecule has 1 saturated heterocycles. The van der Waals surface area contributed by atoms with Gasteiger partial charge in [0.25, 0.3) is 0 Å². The van der Waals surface area contributed by atoms with Crippen molar-refractivity contribution >= 4 is 53.8 Å². The number of rotatable bonds is 7. The molecule has 3 aromatic rings. The molecule has 1 aromatic heterocycles. The van der Waals surface area contributed by atoms with E-state index < -0.39 is 15.1 Å². The van der Waals surface area contributed by atoms with Gasteiger partial charge in [0, 0.05) is 34.9 Å². The fourth-order valence-electron chi connectivity index (χ4n) is 3.98. The van der Waals surface area contributed by atoms with Crippen LogP contribution in [0.15, 0.2) is 51.1 Å². The number of hydrogen-bond donors (Lipinski definition) is 0. The Morgan fingerprint density at radius 2 is 1.91 bits per heavy atom. The van der Waals surface area contributed by atoms with Crippen LogP contribution in [0.25, 0.3) is 0 Å². The number of ether oxygens (including phenoxy) is 2. The van der Waals surface area contributed by atoms with Gasteiger partial charge in [-0.3, -0.25) is 0 Å². The molecule has 0 N–H and O–H groups in total. The third-order valence-electron chi connectivity index (χ3n) is 5.75. The Morgan fingerprint density at radius 3 is 2.58 bits per heavy atom. The highest BCUT2D eigenvalue weighted by atomic mass is 79.9.